The van der Waals surface area contributed by atoms with Crippen molar-refractivity contribution < 1.29 is 23.5 Å². The molecule has 0 radical (unpaired) electrons. The molecular weight excluding hydrogens is 449 g/mol. The van der Waals surface area contributed by atoms with Crippen LogP contribution in [0.25, 0.3) is 11.3 Å². The van der Waals surface area contributed by atoms with Crippen LogP contribution in [0.15, 0.2) is 53.1 Å². The third-order valence-corrected chi connectivity index (χ3v) is 4.77. The number of benzene rings is 2. The van der Waals surface area contributed by atoms with Gasteiger partial charge in [-0.3, -0.25) is 0 Å². The van der Waals surface area contributed by atoms with E-state index in [1.165, 1.54) is 0 Å². The quantitative estimate of drug-likeness (QED) is 0.429. The molecule has 2 aromatic carbocycles. The van der Waals surface area contributed by atoms with E-state index in [0.29, 0.717) is 41.7 Å². The summed E-state index contributed by atoms with van der Waals surface area (Å²) in [5, 5.41) is 3.97. The molecule has 4 rings (SSSR count). The summed E-state index contributed by atoms with van der Waals surface area (Å²) in [6.07, 6.45) is 0. The first kappa shape index (κ1) is 16.9. The zero-order valence-corrected chi connectivity index (χ0v) is 15.8. The van der Waals surface area contributed by atoms with Gasteiger partial charge in [0.2, 0.25) is 0 Å². The molecule has 0 bridgehead atoms. The van der Waals surface area contributed by atoms with Crippen molar-refractivity contribution in [1.82, 2.24) is 5.16 Å². The Bertz CT molecular complexity index is 953. The molecule has 0 spiro atoms. The van der Waals surface area contributed by atoms with Gasteiger partial charge in [0.1, 0.15) is 25.5 Å². The molecule has 0 aliphatic carbocycles. The summed E-state index contributed by atoms with van der Waals surface area (Å²) in [7, 11) is 0. The molecule has 1 aromatic heterocycles. The Hall–Kier alpha value is -2.55. The number of rotatable bonds is 4. The van der Waals surface area contributed by atoms with Crippen LogP contribution in [0.5, 0.6) is 11.5 Å². The van der Waals surface area contributed by atoms with E-state index in [0.717, 1.165) is 9.13 Å². The van der Waals surface area contributed by atoms with Gasteiger partial charge in [0, 0.05) is 15.2 Å². The van der Waals surface area contributed by atoms with Crippen molar-refractivity contribution >= 4 is 28.6 Å². The summed E-state index contributed by atoms with van der Waals surface area (Å²) in [4.78, 5) is 12.2. The third-order valence-electron chi connectivity index (χ3n) is 3.83. The summed E-state index contributed by atoms with van der Waals surface area (Å²) in [5.41, 5.74) is 1.88. The van der Waals surface area contributed by atoms with Gasteiger partial charge in [-0.2, -0.15) is 0 Å². The SMILES string of the molecule is O=C(OCc1cc(-c2ccc3c(c2)OCCO3)on1)c1ccccc1I. The second kappa shape index (κ2) is 7.36. The maximum Gasteiger partial charge on any atom is 0.339 e. The van der Waals surface area contributed by atoms with E-state index in [1.807, 2.05) is 30.3 Å². The van der Waals surface area contributed by atoms with Gasteiger partial charge in [-0.1, -0.05) is 17.3 Å². The molecule has 3 aromatic rings. The monoisotopic (exact) mass is 463 g/mol. The fraction of sp³-hybridized carbons (Fsp3) is 0.158. The summed E-state index contributed by atoms with van der Waals surface area (Å²) < 4.78 is 22.6. The van der Waals surface area contributed by atoms with E-state index in [4.69, 9.17) is 18.7 Å². The van der Waals surface area contributed by atoms with Crippen molar-refractivity contribution in [3.63, 3.8) is 0 Å². The van der Waals surface area contributed by atoms with E-state index in [1.54, 1.807) is 18.2 Å². The predicted molar refractivity (Wildman–Crippen MR) is 101 cm³/mol. The normalized spacial score (nSPS) is 12.7. The Morgan fingerprint density at radius 1 is 1.08 bits per heavy atom. The molecule has 26 heavy (non-hydrogen) atoms. The zero-order valence-electron chi connectivity index (χ0n) is 13.6. The van der Waals surface area contributed by atoms with E-state index < -0.39 is 0 Å². The van der Waals surface area contributed by atoms with Crippen LogP contribution < -0.4 is 9.47 Å². The van der Waals surface area contributed by atoms with Gasteiger partial charge >= 0.3 is 5.97 Å². The number of halogens is 1. The molecule has 132 valence electrons. The van der Waals surface area contributed by atoms with Crippen molar-refractivity contribution in [2.24, 2.45) is 0 Å². The van der Waals surface area contributed by atoms with Gasteiger partial charge in [0.15, 0.2) is 17.3 Å². The van der Waals surface area contributed by atoms with Crippen molar-refractivity contribution in [2.75, 3.05) is 13.2 Å². The fourth-order valence-corrected chi connectivity index (χ4v) is 3.16. The predicted octanol–water partition coefficient (Wildman–Crippen LogP) is 4.07. The van der Waals surface area contributed by atoms with Gasteiger partial charge in [0.25, 0.3) is 0 Å². The standard InChI is InChI=1S/C19H14INO5/c20-15-4-2-1-3-14(15)19(22)25-11-13-10-17(26-21-13)12-5-6-16-18(9-12)24-8-7-23-16/h1-6,9-10H,7-8,11H2. The molecule has 1 aliphatic heterocycles. The summed E-state index contributed by atoms with van der Waals surface area (Å²) in [5.74, 6) is 1.57. The molecular formula is C19H14INO5. The largest absolute Gasteiger partial charge is 0.486 e. The number of fused-ring (bicyclic) bond motifs is 1. The Kier molecular flexibility index (Phi) is 4.79. The minimum Gasteiger partial charge on any atom is -0.486 e. The first-order valence-electron chi connectivity index (χ1n) is 7.98. The zero-order chi connectivity index (χ0) is 17.9. The molecule has 0 unspecified atom stereocenters. The molecule has 0 fully saturated rings. The summed E-state index contributed by atoms with van der Waals surface area (Å²) in [6, 6.07) is 14.6. The lowest BCUT2D eigenvalue weighted by Gasteiger charge is -2.18. The van der Waals surface area contributed by atoms with Gasteiger partial charge in [-0.15, -0.1) is 0 Å². The van der Waals surface area contributed by atoms with Crippen LogP contribution in [0, 0.1) is 3.57 Å². The number of carbonyl (C=O) groups is 1. The first-order chi connectivity index (χ1) is 12.7. The highest BCUT2D eigenvalue weighted by Crippen LogP contribution is 2.34. The maximum absolute atomic E-state index is 12.2. The highest BCUT2D eigenvalue weighted by molar-refractivity contribution is 14.1. The van der Waals surface area contributed by atoms with E-state index >= 15 is 0 Å². The molecule has 7 heteroatoms. The minimum atomic E-state index is -0.390. The van der Waals surface area contributed by atoms with Crippen LogP contribution in [0.3, 0.4) is 0 Å². The minimum absolute atomic E-state index is 0.0395. The van der Waals surface area contributed by atoms with Crippen LogP contribution >= 0.6 is 22.6 Å². The van der Waals surface area contributed by atoms with Crippen molar-refractivity contribution in [2.45, 2.75) is 6.61 Å². The third kappa shape index (κ3) is 3.52. The first-order valence-corrected chi connectivity index (χ1v) is 9.06. The second-order valence-electron chi connectivity index (χ2n) is 5.60. The van der Waals surface area contributed by atoms with Crippen LogP contribution in [0.4, 0.5) is 0 Å². The fourth-order valence-electron chi connectivity index (χ4n) is 2.56. The van der Waals surface area contributed by atoms with Crippen molar-refractivity contribution in [3.05, 3.63) is 63.4 Å². The van der Waals surface area contributed by atoms with E-state index in [2.05, 4.69) is 27.7 Å². The topological polar surface area (TPSA) is 70.8 Å². The lowest BCUT2D eigenvalue weighted by Crippen LogP contribution is -2.15. The lowest BCUT2D eigenvalue weighted by atomic mass is 10.1. The number of esters is 1. The Morgan fingerprint density at radius 3 is 2.73 bits per heavy atom. The number of aromatic nitrogens is 1. The highest BCUT2D eigenvalue weighted by atomic mass is 127. The Morgan fingerprint density at radius 2 is 1.88 bits per heavy atom. The average Bonchev–Trinajstić information content (AvgIpc) is 3.15. The van der Waals surface area contributed by atoms with Crippen LogP contribution in [-0.4, -0.2) is 24.3 Å². The number of carbonyl (C=O) groups excluding carboxylic acids is 1. The lowest BCUT2D eigenvalue weighted by molar-refractivity contribution is 0.0463. The molecule has 0 atom stereocenters. The molecule has 0 saturated carbocycles. The number of ether oxygens (including phenoxy) is 3. The number of hydrogen-bond donors (Lipinski definition) is 0. The Labute approximate surface area is 163 Å². The summed E-state index contributed by atoms with van der Waals surface area (Å²) >= 11 is 2.10. The van der Waals surface area contributed by atoms with Gasteiger partial charge < -0.3 is 18.7 Å². The molecule has 0 amide bonds. The Balaban J connectivity index is 1.45. The van der Waals surface area contributed by atoms with Crippen molar-refractivity contribution in [1.29, 1.82) is 0 Å². The molecule has 2 heterocycles. The van der Waals surface area contributed by atoms with E-state index in [-0.39, 0.29) is 12.6 Å². The van der Waals surface area contributed by atoms with Gasteiger partial charge in [-0.05, 0) is 52.9 Å². The highest BCUT2D eigenvalue weighted by Gasteiger charge is 2.16. The van der Waals surface area contributed by atoms with Crippen LogP contribution in [-0.2, 0) is 11.3 Å². The van der Waals surface area contributed by atoms with Crippen molar-refractivity contribution in [3.8, 4) is 22.8 Å². The van der Waals surface area contributed by atoms with Crippen LogP contribution in [0.2, 0.25) is 0 Å². The molecule has 6 nitrogen and oxygen atoms in total. The van der Waals surface area contributed by atoms with Crippen LogP contribution in [0.1, 0.15) is 16.1 Å². The molecule has 1 aliphatic rings. The van der Waals surface area contributed by atoms with Gasteiger partial charge in [0.05, 0.1) is 5.56 Å². The molecule has 0 N–H and O–H groups in total. The van der Waals surface area contributed by atoms with Gasteiger partial charge in [-0.25, -0.2) is 4.79 Å². The molecule has 0 saturated heterocycles. The average molecular weight is 463 g/mol. The second-order valence-corrected chi connectivity index (χ2v) is 6.76. The number of hydrogen-bond acceptors (Lipinski definition) is 6. The smallest absolute Gasteiger partial charge is 0.339 e. The van der Waals surface area contributed by atoms with E-state index in [9.17, 15) is 4.79 Å². The number of nitrogens with zero attached hydrogens (tertiary/aromatic N) is 1. The summed E-state index contributed by atoms with van der Waals surface area (Å²) in [6.45, 7) is 1.11. The maximum atomic E-state index is 12.2.